The number of amides is 1. The van der Waals surface area contributed by atoms with Gasteiger partial charge >= 0.3 is 0 Å². The van der Waals surface area contributed by atoms with E-state index >= 15 is 0 Å². The summed E-state index contributed by atoms with van der Waals surface area (Å²) in [5.74, 6) is 0.241. The third-order valence-corrected chi connectivity index (χ3v) is 5.09. The molecule has 3 nitrogen and oxygen atoms in total. The molecule has 1 amide bonds. The number of hydrogen-bond donors (Lipinski definition) is 1. The summed E-state index contributed by atoms with van der Waals surface area (Å²) in [4.78, 5) is 14.7. The predicted molar refractivity (Wildman–Crippen MR) is 99.0 cm³/mol. The quantitative estimate of drug-likeness (QED) is 0.914. The van der Waals surface area contributed by atoms with Gasteiger partial charge in [0, 0.05) is 25.6 Å². The Morgan fingerprint density at radius 1 is 1.30 bits per heavy atom. The summed E-state index contributed by atoms with van der Waals surface area (Å²) in [7, 11) is 0. The molecule has 1 aromatic rings. The van der Waals surface area contributed by atoms with Gasteiger partial charge in [-0.3, -0.25) is 4.79 Å². The van der Waals surface area contributed by atoms with Gasteiger partial charge in [0.1, 0.15) is 0 Å². The Bertz CT molecular complexity index is 537. The highest BCUT2D eigenvalue weighted by Crippen LogP contribution is 2.31. The average molecular weight is 339 g/mol. The van der Waals surface area contributed by atoms with Crippen LogP contribution in [-0.2, 0) is 10.2 Å². The lowest BCUT2D eigenvalue weighted by atomic mass is 9.78. The van der Waals surface area contributed by atoms with Crippen molar-refractivity contribution < 1.29 is 4.79 Å². The van der Waals surface area contributed by atoms with Crippen molar-refractivity contribution in [2.24, 2.45) is 11.1 Å². The first kappa shape index (κ1) is 20.0. The fourth-order valence-electron chi connectivity index (χ4n) is 3.18. The standard InChI is InChI=1S/C19H30N2O.ClH/c1-14-6-8-15(9-7-14)18(2,3)12-17(22)21-11-10-16(20)19(4,5)13-21;/h6-9,16H,10-13,20H2,1-5H3;1H. The molecule has 2 N–H and O–H groups in total. The molecule has 23 heavy (non-hydrogen) atoms. The molecule has 1 atom stereocenters. The number of hydrogen-bond acceptors (Lipinski definition) is 2. The van der Waals surface area contributed by atoms with E-state index in [1.807, 2.05) is 4.90 Å². The molecular weight excluding hydrogens is 308 g/mol. The Balaban J connectivity index is 0.00000264. The van der Waals surface area contributed by atoms with Gasteiger partial charge in [-0.25, -0.2) is 0 Å². The lowest BCUT2D eigenvalue weighted by molar-refractivity contribution is -0.135. The van der Waals surface area contributed by atoms with Gasteiger partial charge in [-0.1, -0.05) is 57.5 Å². The highest BCUT2D eigenvalue weighted by atomic mass is 35.5. The van der Waals surface area contributed by atoms with Gasteiger partial charge in [0.2, 0.25) is 5.91 Å². The van der Waals surface area contributed by atoms with E-state index in [1.54, 1.807) is 0 Å². The van der Waals surface area contributed by atoms with E-state index in [1.165, 1.54) is 11.1 Å². The largest absolute Gasteiger partial charge is 0.342 e. The molecular formula is C19H31ClN2O. The fourth-order valence-corrected chi connectivity index (χ4v) is 3.18. The molecule has 1 aliphatic rings. The van der Waals surface area contributed by atoms with Crippen molar-refractivity contribution in [3.63, 3.8) is 0 Å². The van der Waals surface area contributed by atoms with Crippen LogP contribution in [0, 0.1) is 12.3 Å². The van der Waals surface area contributed by atoms with Crippen LogP contribution in [-0.4, -0.2) is 29.9 Å². The normalized spacial score (nSPS) is 20.8. The Morgan fingerprint density at radius 3 is 2.39 bits per heavy atom. The smallest absolute Gasteiger partial charge is 0.223 e. The summed E-state index contributed by atoms with van der Waals surface area (Å²) < 4.78 is 0. The third kappa shape index (κ3) is 4.71. The minimum atomic E-state index is -0.144. The Kier molecular flexibility index (Phi) is 6.28. The van der Waals surface area contributed by atoms with Gasteiger partial charge < -0.3 is 10.6 Å². The van der Waals surface area contributed by atoms with Crippen LogP contribution in [0.4, 0.5) is 0 Å². The van der Waals surface area contributed by atoms with Crippen LogP contribution < -0.4 is 5.73 Å². The lowest BCUT2D eigenvalue weighted by Crippen LogP contribution is -2.54. The molecule has 2 rings (SSSR count). The molecule has 0 spiro atoms. The van der Waals surface area contributed by atoms with Gasteiger partial charge in [-0.05, 0) is 29.7 Å². The highest BCUT2D eigenvalue weighted by molar-refractivity contribution is 5.85. The van der Waals surface area contributed by atoms with Crippen LogP contribution >= 0.6 is 12.4 Å². The Morgan fingerprint density at radius 2 is 1.87 bits per heavy atom. The molecule has 0 aromatic heterocycles. The summed E-state index contributed by atoms with van der Waals surface area (Å²) in [6.07, 6.45) is 1.44. The van der Waals surface area contributed by atoms with E-state index in [4.69, 9.17) is 5.73 Å². The van der Waals surface area contributed by atoms with Crippen molar-refractivity contribution in [1.82, 2.24) is 4.90 Å². The molecule has 1 unspecified atom stereocenters. The molecule has 1 aromatic carbocycles. The second-order valence-corrected chi connectivity index (χ2v) is 8.13. The van der Waals surface area contributed by atoms with E-state index in [-0.39, 0.29) is 35.2 Å². The fraction of sp³-hybridized carbons (Fsp3) is 0.632. The van der Waals surface area contributed by atoms with Crippen LogP contribution in [0.25, 0.3) is 0 Å². The summed E-state index contributed by atoms with van der Waals surface area (Å²) in [5, 5.41) is 0. The molecule has 130 valence electrons. The molecule has 1 heterocycles. The van der Waals surface area contributed by atoms with Gasteiger partial charge in [0.05, 0.1) is 0 Å². The molecule has 0 aliphatic carbocycles. The number of benzene rings is 1. The number of likely N-dealkylation sites (tertiary alicyclic amines) is 1. The molecule has 1 aliphatic heterocycles. The van der Waals surface area contributed by atoms with Crippen LogP contribution in [0.5, 0.6) is 0 Å². The first-order valence-electron chi connectivity index (χ1n) is 8.22. The van der Waals surface area contributed by atoms with E-state index in [2.05, 4.69) is 58.9 Å². The van der Waals surface area contributed by atoms with Crippen molar-refractivity contribution in [3.8, 4) is 0 Å². The van der Waals surface area contributed by atoms with Crippen molar-refractivity contribution in [2.75, 3.05) is 13.1 Å². The second kappa shape index (κ2) is 7.23. The van der Waals surface area contributed by atoms with E-state index in [9.17, 15) is 4.79 Å². The number of rotatable bonds is 3. The van der Waals surface area contributed by atoms with Gasteiger partial charge in [-0.15, -0.1) is 12.4 Å². The Hall–Kier alpha value is -1.06. The van der Waals surface area contributed by atoms with Crippen LogP contribution in [0.1, 0.15) is 51.7 Å². The van der Waals surface area contributed by atoms with Crippen LogP contribution in [0.3, 0.4) is 0 Å². The van der Waals surface area contributed by atoms with E-state index < -0.39 is 0 Å². The maximum absolute atomic E-state index is 12.7. The highest BCUT2D eigenvalue weighted by Gasteiger charge is 2.36. The van der Waals surface area contributed by atoms with Gasteiger partial charge in [0.15, 0.2) is 0 Å². The van der Waals surface area contributed by atoms with Gasteiger partial charge in [0.25, 0.3) is 0 Å². The van der Waals surface area contributed by atoms with Crippen molar-refractivity contribution in [2.45, 2.75) is 58.9 Å². The molecule has 0 saturated carbocycles. The SMILES string of the molecule is Cc1ccc(C(C)(C)CC(=O)N2CCC(N)C(C)(C)C2)cc1.Cl. The monoisotopic (exact) mass is 338 g/mol. The first-order valence-corrected chi connectivity index (χ1v) is 8.22. The lowest BCUT2D eigenvalue weighted by Gasteiger charge is -2.43. The molecule has 1 saturated heterocycles. The molecule has 0 bridgehead atoms. The minimum Gasteiger partial charge on any atom is -0.342 e. The van der Waals surface area contributed by atoms with Crippen LogP contribution in [0.15, 0.2) is 24.3 Å². The molecule has 0 radical (unpaired) electrons. The number of carbonyl (C=O) groups is 1. The number of piperidine rings is 1. The topological polar surface area (TPSA) is 46.3 Å². The maximum atomic E-state index is 12.7. The maximum Gasteiger partial charge on any atom is 0.223 e. The van der Waals surface area contributed by atoms with E-state index in [0.717, 1.165) is 19.5 Å². The number of halogens is 1. The zero-order valence-electron chi connectivity index (χ0n) is 15.1. The summed E-state index contributed by atoms with van der Waals surface area (Å²) >= 11 is 0. The zero-order chi connectivity index (χ0) is 16.5. The van der Waals surface area contributed by atoms with Crippen molar-refractivity contribution >= 4 is 18.3 Å². The van der Waals surface area contributed by atoms with Crippen molar-refractivity contribution in [3.05, 3.63) is 35.4 Å². The van der Waals surface area contributed by atoms with E-state index in [0.29, 0.717) is 6.42 Å². The van der Waals surface area contributed by atoms with Crippen LogP contribution in [0.2, 0.25) is 0 Å². The van der Waals surface area contributed by atoms with Gasteiger partial charge in [-0.2, -0.15) is 0 Å². The number of aryl methyl sites for hydroxylation is 1. The predicted octanol–water partition coefficient (Wildman–Crippen LogP) is 3.67. The average Bonchev–Trinajstić information content (AvgIpc) is 2.41. The first-order chi connectivity index (χ1) is 10.1. The molecule has 4 heteroatoms. The molecule has 1 fully saturated rings. The second-order valence-electron chi connectivity index (χ2n) is 8.13. The summed E-state index contributed by atoms with van der Waals surface area (Å²) in [6.45, 7) is 12.2. The number of nitrogens with two attached hydrogens (primary N) is 1. The third-order valence-electron chi connectivity index (χ3n) is 5.09. The minimum absolute atomic E-state index is 0. The summed E-state index contributed by atoms with van der Waals surface area (Å²) in [5.41, 5.74) is 8.50. The number of carbonyl (C=O) groups excluding carboxylic acids is 1. The Labute approximate surface area is 147 Å². The number of nitrogens with zero attached hydrogens (tertiary/aromatic N) is 1. The van der Waals surface area contributed by atoms with Crippen molar-refractivity contribution in [1.29, 1.82) is 0 Å². The summed E-state index contributed by atoms with van der Waals surface area (Å²) in [6, 6.07) is 8.69. The zero-order valence-corrected chi connectivity index (χ0v) is 15.9.